The molecule has 6 heteroatoms. The zero-order valence-electron chi connectivity index (χ0n) is 20.2. The highest BCUT2D eigenvalue weighted by Crippen LogP contribution is 2.43. The highest BCUT2D eigenvalue weighted by atomic mass is 16.5. The van der Waals surface area contributed by atoms with Crippen LogP contribution in [0.4, 0.5) is 0 Å². The number of piperidine rings is 2. The minimum atomic E-state index is 0.279. The Morgan fingerprint density at radius 2 is 1.06 bits per heavy atom. The second kappa shape index (κ2) is 8.37. The largest absolute Gasteiger partial charge is 0.474 e. The molecule has 0 aromatic carbocycles. The Hall–Kier alpha value is -1.40. The first kappa shape index (κ1) is 20.9. The molecule has 0 amide bonds. The molecule has 5 heterocycles. The molecular weight excluding hydrogens is 412 g/mol. The maximum absolute atomic E-state index is 6.52. The van der Waals surface area contributed by atoms with E-state index in [2.05, 4.69) is 26.7 Å². The van der Waals surface area contributed by atoms with Gasteiger partial charge in [-0.15, -0.1) is 0 Å². The van der Waals surface area contributed by atoms with Gasteiger partial charge in [0.05, 0.1) is 5.56 Å². The Morgan fingerprint density at radius 1 is 0.667 bits per heavy atom. The predicted octanol–water partition coefficient (Wildman–Crippen LogP) is 4.35. The van der Waals surface area contributed by atoms with E-state index in [1.807, 2.05) is 0 Å². The molecule has 2 aliphatic carbocycles. The fraction of sp³-hybridized carbons (Fsp3) is 0.852. The normalized spacial score (nSPS) is 38.6. The van der Waals surface area contributed by atoms with E-state index >= 15 is 0 Å². The van der Waals surface area contributed by atoms with Gasteiger partial charge >= 0.3 is 0 Å². The number of hydrogen-bond acceptors (Lipinski definition) is 6. The molecule has 6 aliphatic rings. The average molecular weight is 453 g/mol. The monoisotopic (exact) mass is 452 g/mol. The molecule has 4 bridgehead atoms. The molecular formula is C27H40N4O2. The van der Waals surface area contributed by atoms with E-state index in [0.717, 1.165) is 54.8 Å². The second-order valence-corrected chi connectivity index (χ2v) is 12.1. The van der Waals surface area contributed by atoms with Gasteiger partial charge in [-0.25, -0.2) is 9.97 Å². The summed E-state index contributed by atoms with van der Waals surface area (Å²) in [5, 5.41) is 0. The number of nitrogens with zero attached hydrogens (tertiary/aromatic N) is 4. The maximum atomic E-state index is 6.52. The van der Waals surface area contributed by atoms with Crippen LogP contribution in [0.15, 0.2) is 6.33 Å². The van der Waals surface area contributed by atoms with Crippen molar-refractivity contribution in [3.8, 4) is 11.8 Å². The van der Waals surface area contributed by atoms with Crippen LogP contribution in [-0.2, 0) is 0 Å². The maximum Gasteiger partial charge on any atom is 0.223 e. The van der Waals surface area contributed by atoms with Gasteiger partial charge in [0.25, 0.3) is 0 Å². The standard InChI is InChI=1S/C27H40N4O2/c1-17-26(32-24-10-20-6-7-21(11-24)30(20)14-18-2-3-18)28-16-29-27(17)33-25-12-22-8-9-23(13-25)31(22)15-19-4-5-19/h16,18-25H,2-15H2,1H3/t20-,21+,22?,23?,24-,25?. The van der Waals surface area contributed by atoms with Crippen LogP contribution in [0.5, 0.6) is 11.8 Å². The predicted molar refractivity (Wildman–Crippen MR) is 127 cm³/mol. The van der Waals surface area contributed by atoms with E-state index in [0.29, 0.717) is 24.2 Å². The van der Waals surface area contributed by atoms with Gasteiger partial charge in [0, 0.05) is 37.3 Å². The second-order valence-electron chi connectivity index (χ2n) is 12.1. The lowest BCUT2D eigenvalue weighted by atomic mass is 9.99. The average Bonchev–Trinajstić information content (AvgIpc) is 3.71. The van der Waals surface area contributed by atoms with Crippen LogP contribution in [-0.4, -0.2) is 69.2 Å². The van der Waals surface area contributed by atoms with E-state index in [-0.39, 0.29) is 12.2 Å². The van der Waals surface area contributed by atoms with Crippen molar-refractivity contribution in [2.75, 3.05) is 13.1 Å². The lowest BCUT2D eigenvalue weighted by Crippen LogP contribution is -2.47. The molecule has 0 radical (unpaired) electrons. The van der Waals surface area contributed by atoms with Crippen molar-refractivity contribution in [3.63, 3.8) is 0 Å². The first-order valence-corrected chi connectivity index (χ1v) is 13.9. The Balaban J connectivity index is 0.984. The lowest BCUT2D eigenvalue weighted by Gasteiger charge is -2.39. The number of rotatable bonds is 8. The number of hydrogen-bond donors (Lipinski definition) is 0. The summed E-state index contributed by atoms with van der Waals surface area (Å²) >= 11 is 0. The van der Waals surface area contributed by atoms with Crippen molar-refractivity contribution in [2.24, 2.45) is 11.8 Å². The van der Waals surface area contributed by atoms with Crippen LogP contribution in [0, 0.1) is 18.8 Å². The minimum Gasteiger partial charge on any atom is -0.474 e. The highest BCUT2D eigenvalue weighted by Gasteiger charge is 2.45. The molecule has 1 aromatic heterocycles. The van der Waals surface area contributed by atoms with Gasteiger partial charge in [-0.05, 0) is 95.8 Å². The van der Waals surface area contributed by atoms with Crippen molar-refractivity contribution in [2.45, 2.75) is 120 Å². The zero-order valence-corrected chi connectivity index (χ0v) is 20.2. The highest BCUT2D eigenvalue weighted by molar-refractivity contribution is 5.33. The molecule has 4 saturated heterocycles. The van der Waals surface area contributed by atoms with Gasteiger partial charge in [0.1, 0.15) is 18.5 Å². The summed E-state index contributed by atoms with van der Waals surface area (Å²) in [5.41, 5.74) is 0.984. The molecule has 180 valence electrons. The summed E-state index contributed by atoms with van der Waals surface area (Å²) in [6.45, 7) is 4.74. The van der Waals surface area contributed by atoms with E-state index in [1.165, 1.54) is 64.5 Å². The fourth-order valence-electron chi connectivity index (χ4n) is 7.41. The Labute approximate surface area is 198 Å². The van der Waals surface area contributed by atoms with E-state index in [1.54, 1.807) is 6.33 Å². The molecule has 2 saturated carbocycles. The fourth-order valence-corrected chi connectivity index (χ4v) is 7.41. The van der Waals surface area contributed by atoms with Gasteiger partial charge in [0.15, 0.2) is 0 Å². The summed E-state index contributed by atoms with van der Waals surface area (Å²) in [7, 11) is 0. The third-order valence-electron chi connectivity index (χ3n) is 9.56. The molecule has 2 unspecified atom stereocenters. The molecule has 7 rings (SSSR count). The first-order valence-electron chi connectivity index (χ1n) is 13.9. The number of ether oxygens (including phenoxy) is 2. The Bertz CT molecular complexity index is 777. The van der Waals surface area contributed by atoms with Crippen LogP contribution in [0.1, 0.15) is 82.6 Å². The third kappa shape index (κ3) is 4.27. The topological polar surface area (TPSA) is 50.7 Å². The van der Waals surface area contributed by atoms with Gasteiger partial charge in [-0.2, -0.15) is 0 Å². The molecule has 4 aliphatic heterocycles. The molecule has 0 N–H and O–H groups in total. The van der Waals surface area contributed by atoms with Gasteiger partial charge < -0.3 is 9.47 Å². The summed E-state index contributed by atoms with van der Waals surface area (Å²) in [6.07, 6.45) is 17.9. The van der Waals surface area contributed by atoms with Crippen LogP contribution >= 0.6 is 0 Å². The van der Waals surface area contributed by atoms with Crippen LogP contribution in [0.3, 0.4) is 0 Å². The van der Waals surface area contributed by atoms with E-state index in [9.17, 15) is 0 Å². The van der Waals surface area contributed by atoms with Gasteiger partial charge in [-0.1, -0.05) is 0 Å². The first-order chi connectivity index (χ1) is 16.2. The van der Waals surface area contributed by atoms with Crippen molar-refractivity contribution < 1.29 is 9.47 Å². The zero-order chi connectivity index (χ0) is 21.9. The van der Waals surface area contributed by atoms with Crippen molar-refractivity contribution >= 4 is 0 Å². The molecule has 6 fully saturated rings. The van der Waals surface area contributed by atoms with Crippen molar-refractivity contribution in [1.82, 2.24) is 19.8 Å². The molecule has 1 aromatic rings. The lowest BCUT2D eigenvalue weighted by molar-refractivity contribution is 0.0391. The van der Waals surface area contributed by atoms with Crippen LogP contribution in [0.2, 0.25) is 0 Å². The van der Waals surface area contributed by atoms with E-state index in [4.69, 9.17) is 9.47 Å². The van der Waals surface area contributed by atoms with Crippen molar-refractivity contribution in [1.29, 1.82) is 0 Å². The summed E-state index contributed by atoms with van der Waals surface area (Å²) in [4.78, 5) is 14.7. The number of fused-ring (bicyclic) bond motifs is 4. The van der Waals surface area contributed by atoms with Crippen molar-refractivity contribution in [3.05, 3.63) is 11.9 Å². The summed E-state index contributed by atoms with van der Waals surface area (Å²) in [5.74, 6) is 3.44. The van der Waals surface area contributed by atoms with Crippen LogP contribution in [0.25, 0.3) is 0 Å². The quantitative estimate of drug-likeness (QED) is 0.584. The molecule has 33 heavy (non-hydrogen) atoms. The summed E-state index contributed by atoms with van der Waals surface area (Å²) in [6, 6.07) is 2.85. The molecule has 5 atom stereocenters. The smallest absolute Gasteiger partial charge is 0.223 e. The Kier molecular flexibility index (Phi) is 5.31. The summed E-state index contributed by atoms with van der Waals surface area (Å²) < 4.78 is 13.0. The van der Waals surface area contributed by atoms with Gasteiger partial charge in [0.2, 0.25) is 11.8 Å². The van der Waals surface area contributed by atoms with Crippen LogP contribution < -0.4 is 9.47 Å². The minimum absolute atomic E-state index is 0.279. The van der Waals surface area contributed by atoms with E-state index < -0.39 is 0 Å². The SMILES string of the molecule is Cc1c(OC2CC3CCC(C2)N3CC2CC2)ncnc1O[C@@H]1C[C@H]2CC[C@@H](C1)N2CC1CC1. The molecule has 0 spiro atoms. The third-order valence-corrected chi connectivity index (χ3v) is 9.56. The number of aromatic nitrogens is 2. The van der Waals surface area contributed by atoms with Gasteiger partial charge in [-0.3, -0.25) is 9.80 Å². The Morgan fingerprint density at radius 3 is 1.42 bits per heavy atom. The molecule has 6 nitrogen and oxygen atoms in total.